The molecule has 0 aliphatic carbocycles. The lowest BCUT2D eigenvalue weighted by Crippen LogP contribution is -2.37. The van der Waals surface area contributed by atoms with Crippen molar-refractivity contribution in [3.63, 3.8) is 0 Å². The summed E-state index contributed by atoms with van der Waals surface area (Å²) in [6.07, 6.45) is -11.7. The van der Waals surface area contributed by atoms with Crippen molar-refractivity contribution in [1.82, 2.24) is 19.1 Å². The van der Waals surface area contributed by atoms with E-state index in [0.717, 1.165) is 24.5 Å². The number of H-pyrrole nitrogens is 2. The van der Waals surface area contributed by atoms with Gasteiger partial charge in [-0.15, -0.1) is 0 Å². The molecule has 41 heavy (non-hydrogen) atoms. The topological polar surface area (TPSA) is 317 Å². The van der Waals surface area contributed by atoms with Crippen LogP contribution in [0.25, 0.3) is 0 Å². The number of hydrogen-bond acceptors (Lipinski definition) is 17. The minimum Gasteiger partial charge on any atom is -0.756 e. The van der Waals surface area contributed by atoms with Gasteiger partial charge < -0.3 is 48.7 Å². The Morgan fingerprint density at radius 1 is 0.732 bits per heavy atom. The molecule has 2 aliphatic heterocycles. The van der Waals surface area contributed by atoms with Crippen LogP contribution in [0.5, 0.6) is 0 Å². The van der Waals surface area contributed by atoms with Crippen molar-refractivity contribution >= 4 is 15.6 Å². The molecule has 2 unspecified atom stereocenters. The Labute approximate surface area is 226 Å². The lowest BCUT2D eigenvalue weighted by molar-refractivity contribution is -0.246. The molecule has 0 spiro atoms. The minimum atomic E-state index is -5.75. The molecule has 0 amide bonds. The standard InChI is InChI=1S/C18H24N4O17P2/c23-9-1-3-21(17(29)19-9)15-13(27)11(25)7(37-15)5-35-40(31,32)39-41(33,34)36-6-8-12(26)14(28)16(38-8)22-4-2-10(24)20-18(22)30/h1-4,7-8,11-16,25-28H,5-6H2,(H,31,32)(H,33,34)(H,19,23,29)(H,20,24,30)/p-2/t7-,8-,11-,12-,13-,14-,15-,16-/m1/s1. The number of aromatic amines is 2. The van der Waals surface area contributed by atoms with Crippen LogP contribution in [-0.2, 0) is 32.0 Å². The normalized spacial score (nSPS) is 32.9. The zero-order valence-corrected chi connectivity index (χ0v) is 22.0. The molecule has 6 N–H and O–H groups in total. The summed E-state index contributed by atoms with van der Waals surface area (Å²) >= 11 is 0. The zero-order chi connectivity index (χ0) is 30.3. The monoisotopic (exact) mass is 628 g/mol. The lowest BCUT2D eigenvalue weighted by atomic mass is 10.1. The molecule has 10 atom stereocenters. The van der Waals surface area contributed by atoms with Gasteiger partial charge in [0.05, 0.1) is 13.2 Å². The van der Waals surface area contributed by atoms with Gasteiger partial charge in [-0.05, 0) is 0 Å². The molecule has 4 rings (SSSR count). The summed E-state index contributed by atoms with van der Waals surface area (Å²) in [7, 11) is -11.5. The number of nitrogens with one attached hydrogen (secondary N) is 2. The Morgan fingerprint density at radius 2 is 1.10 bits per heavy atom. The Bertz CT molecular complexity index is 1470. The van der Waals surface area contributed by atoms with Gasteiger partial charge in [0.2, 0.25) is 0 Å². The third-order valence-electron chi connectivity index (χ3n) is 5.92. The predicted octanol–water partition coefficient (Wildman–Crippen LogP) is -5.69. The second kappa shape index (κ2) is 11.9. The van der Waals surface area contributed by atoms with Gasteiger partial charge in [-0.1, -0.05) is 0 Å². The van der Waals surface area contributed by atoms with Gasteiger partial charge in [-0.2, -0.15) is 0 Å². The second-order valence-electron chi connectivity index (χ2n) is 8.69. The van der Waals surface area contributed by atoms with Crippen molar-refractivity contribution < 1.29 is 62.2 Å². The average Bonchev–Trinajstić information content (AvgIpc) is 3.31. The molecule has 2 aromatic heterocycles. The van der Waals surface area contributed by atoms with Crippen LogP contribution in [0.4, 0.5) is 0 Å². The van der Waals surface area contributed by atoms with Crippen molar-refractivity contribution in [3.05, 3.63) is 66.2 Å². The van der Waals surface area contributed by atoms with Crippen LogP contribution in [0.15, 0.2) is 43.7 Å². The zero-order valence-electron chi connectivity index (χ0n) is 20.2. The first-order chi connectivity index (χ1) is 19.1. The number of nitrogens with zero attached hydrogens (tertiary/aromatic N) is 2. The second-order valence-corrected chi connectivity index (χ2v) is 11.7. The van der Waals surface area contributed by atoms with Gasteiger partial charge in [0.1, 0.15) is 36.6 Å². The first-order valence-corrected chi connectivity index (χ1v) is 14.3. The molecule has 23 heteroatoms. The summed E-state index contributed by atoms with van der Waals surface area (Å²) in [5.74, 6) is 0. The fourth-order valence-electron chi connectivity index (χ4n) is 3.95. The van der Waals surface area contributed by atoms with E-state index in [0.29, 0.717) is 9.13 Å². The third kappa shape index (κ3) is 7.07. The van der Waals surface area contributed by atoms with Crippen LogP contribution in [0.1, 0.15) is 12.5 Å². The van der Waals surface area contributed by atoms with Gasteiger partial charge in [0.15, 0.2) is 12.5 Å². The SMILES string of the molecule is O=c1ccn([C@@H]2O[C@H](COP(=O)([O-])OP(=O)([O-])OC[C@H]3O[C@@H](n4ccc(=O)[nH]c4=O)[C@H](O)[C@@H]3O)[C@@H](O)[C@H]2O)c(=O)[nH]1. The number of aromatic nitrogens is 4. The third-order valence-corrected chi connectivity index (χ3v) is 8.45. The quantitative estimate of drug-likeness (QED) is 0.134. The summed E-state index contributed by atoms with van der Waals surface area (Å²) < 4.78 is 48.8. The van der Waals surface area contributed by atoms with Crippen LogP contribution in [0.2, 0.25) is 0 Å². The summed E-state index contributed by atoms with van der Waals surface area (Å²) in [6.45, 7) is -2.19. The number of phosphoric ester groups is 2. The first kappa shape index (κ1) is 31.3. The van der Waals surface area contributed by atoms with E-state index in [-0.39, 0.29) is 0 Å². The highest BCUT2D eigenvalue weighted by Crippen LogP contribution is 2.56. The van der Waals surface area contributed by atoms with Crippen molar-refractivity contribution in [2.75, 3.05) is 13.2 Å². The van der Waals surface area contributed by atoms with Gasteiger partial charge in [0, 0.05) is 24.5 Å². The molecule has 0 saturated carbocycles. The van der Waals surface area contributed by atoms with E-state index in [1.807, 2.05) is 9.97 Å². The van der Waals surface area contributed by atoms with Crippen LogP contribution >= 0.6 is 15.6 Å². The van der Waals surface area contributed by atoms with Crippen molar-refractivity contribution in [1.29, 1.82) is 0 Å². The van der Waals surface area contributed by atoms with Crippen LogP contribution in [0, 0.1) is 0 Å². The Balaban J connectivity index is 1.33. The van der Waals surface area contributed by atoms with E-state index < -0.39 is 100 Å². The maximum absolute atomic E-state index is 12.1. The van der Waals surface area contributed by atoms with Crippen LogP contribution in [-0.4, -0.2) is 89.4 Å². The van der Waals surface area contributed by atoms with Crippen molar-refractivity contribution in [2.45, 2.75) is 49.1 Å². The van der Waals surface area contributed by atoms with Gasteiger partial charge in [-0.3, -0.25) is 37.8 Å². The summed E-state index contributed by atoms with van der Waals surface area (Å²) in [5.41, 5.74) is -3.55. The van der Waals surface area contributed by atoms with Gasteiger partial charge in [-0.25, -0.2) is 13.9 Å². The molecule has 0 radical (unpaired) electrons. The average molecular weight is 628 g/mol. The predicted molar refractivity (Wildman–Crippen MR) is 123 cm³/mol. The van der Waals surface area contributed by atoms with Gasteiger partial charge in [0.25, 0.3) is 26.8 Å². The molecule has 0 aromatic carbocycles. The van der Waals surface area contributed by atoms with Crippen LogP contribution in [0.3, 0.4) is 0 Å². The lowest BCUT2D eigenvalue weighted by Gasteiger charge is -2.32. The fourth-order valence-corrected chi connectivity index (χ4v) is 5.96. The summed E-state index contributed by atoms with van der Waals surface area (Å²) in [4.78, 5) is 74.2. The van der Waals surface area contributed by atoms with Crippen molar-refractivity contribution in [2.24, 2.45) is 0 Å². The smallest absolute Gasteiger partial charge is 0.330 e. The van der Waals surface area contributed by atoms with Crippen molar-refractivity contribution in [3.8, 4) is 0 Å². The summed E-state index contributed by atoms with van der Waals surface area (Å²) in [5, 5.41) is 40.6. The number of aliphatic hydroxyl groups is 4. The largest absolute Gasteiger partial charge is 0.756 e. The van der Waals surface area contributed by atoms with E-state index in [9.17, 15) is 58.5 Å². The number of phosphoric acid groups is 2. The molecule has 2 saturated heterocycles. The fraction of sp³-hybridized carbons (Fsp3) is 0.556. The summed E-state index contributed by atoms with van der Waals surface area (Å²) in [6, 6.07) is 1.83. The molecule has 0 bridgehead atoms. The Morgan fingerprint density at radius 3 is 1.44 bits per heavy atom. The highest BCUT2D eigenvalue weighted by Gasteiger charge is 2.46. The minimum absolute atomic E-state index is 0.705. The van der Waals surface area contributed by atoms with E-state index >= 15 is 0 Å². The molecule has 2 aliphatic rings. The first-order valence-electron chi connectivity index (χ1n) is 11.4. The molecule has 2 aromatic rings. The van der Waals surface area contributed by atoms with E-state index in [1.165, 1.54) is 0 Å². The molecule has 228 valence electrons. The molecular formula is C18H22N4O17P2-2. The molecular weight excluding hydrogens is 606 g/mol. The van der Waals surface area contributed by atoms with E-state index in [2.05, 4.69) is 13.4 Å². The number of aliphatic hydroxyl groups excluding tert-OH is 4. The Hall–Kier alpha value is -2.62. The highest BCUT2D eigenvalue weighted by atomic mass is 31.3. The maximum atomic E-state index is 12.1. The number of ether oxygens (including phenoxy) is 2. The number of hydrogen-bond donors (Lipinski definition) is 6. The van der Waals surface area contributed by atoms with Gasteiger partial charge >= 0.3 is 11.4 Å². The van der Waals surface area contributed by atoms with E-state index in [4.69, 9.17) is 9.47 Å². The van der Waals surface area contributed by atoms with Crippen LogP contribution < -0.4 is 32.3 Å². The Kier molecular flexibility index (Phi) is 9.12. The maximum Gasteiger partial charge on any atom is 0.330 e. The van der Waals surface area contributed by atoms with E-state index in [1.54, 1.807) is 0 Å². The highest BCUT2D eigenvalue weighted by molar-refractivity contribution is 7.59. The molecule has 4 heterocycles. The number of rotatable bonds is 10. The molecule has 2 fully saturated rings. The molecule has 21 nitrogen and oxygen atoms in total.